The summed E-state index contributed by atoms with van der Waals surface area (Å²) in [5, 5.41) is 2.44. The summed E-state index contributed by atoms with van der Waals surface area (Å²) in [6, 6.07) is 0. The molecule has 0 aliphatic carbocycles. The van der Waals surface area contributed by atoms with Gasteiger partial charge in [-0.2, -0.15) is 0 Å². The Balaban J connectivity index is 2.75. The van der Waals surface area contributed by atoms with Crippen molar-refractivity contribution in [2.75, 3.05) is 0 Å². The normalized spacial score (nSPS) is 11.5. The van der Waals surface area contributed by atoms with Crippen molar-refractivity contribution in [1.82, 2.24) is 0 Å². The van der Waals surface area contributed by atoms with E-state index in [1.807, 2.05) is 0 Å². The van der Waals surface area contributed by atoms with Crippen LogP contribution in [0.1, 0.15) is 13.8 Å². The van der Waals surface area contributed by atoms with Gasteiger partial charge in [-0.1, -0.05) is 0 Å². The van der Waals surface area contributed by atoms with Crippen LogP contribution in [0.15, 0.2) is 0 Å². The second kappa shape index (κ2) is 3.86. The summed E-state index contributed by atoms with van der Waals surface area (Å²) in [4.78, 5) is 2.97. The average molecular weight is 268 g/mol. The standard InChI is InChI=1S/2C2H5.CH3.Pt/c2*1-2;;/h2*1H2,2H3;1H3;. The summed E-state index contributed by atoms with van der Waals surface area (Å²) < 4.78 is 0. The molecule has 0 fully saturated rings. The van der Waals surface area contributed by atoms with Crippen molar-refractivity contribution in [3.05, 3.63) is 0 Å². The van der Waals surface area contributed by atoms with Gasteiger partial charge in [0.1, 0.15) is 0 Å². The van der Waals surface area contributed by atoms with Crippen molar-refractivity contribution < 1.29 is 17.3 Å². The summed E-state index contributed by atoms with van der Waals surface area (Å²) >= 11 is -0.307. The molecule has 0 aliphatic heterocycles. The number of hydrogen-bond donors (Lipinski definition) is 0. The van der Waals surface area contributed by atoms with Crippen molar-refractivity contribution in [3.8, 4) is 0 Å². The first-order chi connectivity index (χ1) is 2.81. The summed E-state index contributed by atoms with van der Waals surface area (Å²) in [7, 11) is 0. The van der Waals surface area contributed by atoms with Crippen LogP contribution in [0.2, 0.25) is 14.9 Å². The van der Waals surface area contributed by atoms with Crippen LogP contribution in [0.5, 0.6) is 0 Å². The van der Waals surface area contributed by atoms with E-state index in [0.717, 1.165) is 0 Å². The first-order valence-electron chi connectivity index (χ1n) is 2.18. The van der Waals surface area contributed by atoms with Crippen LogP contribution in [0.25, 0.3) is 0 Å². The second-order valence-electron chi connectivity index (χ2n) is 1.05. The van der Waals surface area contributed by atoms with Crippen molar-refractivity contribution >= 4 is 0 Å². The van der Waals surface area contributed by atoms with E-state index >= 15 is 0 Å². The molecule has 43 valence electrons. The van der Waals surface area contributed by atoms with Gasteiger partial charge in [0.25, 0.3) is 0 Å². The van der Waals surface area contributed by atoms with Gasteiger partial charge in [0.15, 0.2) is 0 Å². The molecular weight excluding hydrogens is 255 g/mol. The molecule has 0 heterocycles. The topological polar surface area (TPSA) is 0 Å². The Kier molecular flexibility index (Phi) is 4.31. The van der Waals surface area contributed by atoms with Gasteiger partial charge < -0.3 is 0 Å². The van der Waals surface area contributed by atoms with Gasteiger partial charge in [-0.15, -0.1) is 0 Å². The molecule has 0 unspecified atom stereocenters. The van der Waals surface area contributed by atoms with Gasteiger partial charge in [-0.3, -0.25) is 0 Å². The fourth-order valence-corrected chi connectivity index (χ4v) is 1.29. The third kappa shape index (κ3) is 2.90. The summed E-state index contributed by atoms with van der Waals surface area (Å²) in [5.41, 5.74) is 0. The van der Waals surface area contributed by atoms with Crippen molar-refractivity contribution in [3.63, 3.8) is 0 Å². The Morgan fingerprint density at radius 2 is 1.50 bits per heavy atom. The van der Waals surface area contributed by atoms with Crippen LogP contribution in [-0.4, -0.2) is 0 Å². The fraction of sp³-hybridized carbons (Fsp3) is 1.00. The molecule has 0 N–H and O–H groups in total. The zero-order valence-electron chi connectivity index (χ0n) is 4.73. The van der Waals surface area contributed by atoms with Crippen molar-refractivity contribution in [2.24, 2.45) is 0 Å². The monoisotopic (exact) mass is 268 g/mol. The molecule has 0 aromatic carbocycles. The van der Waals surface area contributed by atoms with Crippen LogP contribution >= 0.6 is 0 Å². The minimum absolute atomic E-state index is 0.307. The van der Waals surface area contributed by atoms with E-state index in [1.54, 1.807) is 0 Å². The Morgan fingerprint density at radius 1 is 1.17 bits per heavy atom. The summed E-state index contributed by atoms with van der Waals surface area (Å²) in [6.45, 7) is 4.60. The molecule has 0 saturated carbocycles. The molecule has 0 aromatic rings. The third-order valence-corrected chi connectivity index (χ3v) is 6.25. The summed E-state index contributed by atoms with van der Waals surface area (Å²) in [6.07, 6.45) is 0. The fourth-order valence-electron chi connectivity index (χ4n) is 0.158. The van der Waals surface area contributed by atoms with Gasteiger partial charge in [0.2, 0.25) is 0 Å². The number of rotatable bonds is 2. The van der Waals surface area contributed by atoms with E-state index in [9.17, 15) is 0 Å². The first kappa shape index (κ1) is 6.69. The van der Waals surface area contributed by atoms with Gasteiger partial charge in [0.05, 0.1) is 0 Å². The van der Waals surface area contributed by atoms with E-state index in [-0.39, 0.29) is 17.3 Å². The molecule has 0 amide bonds. The van der Waals surface area contributed by atoms with Gasteiger partial charge in [-0.25, -0.2) is 0 Å². The molecule has 0 radical (unpaired) electrons. The predicted molar refractivity (Wildman–Crippen MR) is 26.8 cm³/mol. The van der Waals surface area contributed by atoms with Crippen LogP contribution in [-0.2, 0) is 17.3 Å². The zero-order chi connectivity index (χ0) is 4.99. The number of hydrogen-bond acceptors (Lipinski definition) is 0. The molecule has 0 aromatic heterocycles. The Bertz CT molecular complexity index is 23.1. The van der Waals surface area contributed by atoms with Gasteiger partial charge in [-0.05, 0) is 0 Å². The molecule has 0 bridgehead atoms. The molecule has 0 nitrogen and oxygen atoms in total. The molecular formula is C5H13Pt. The third-order valence-electron chi connectivity index (χ3n) is 0.763. The van der Waals surface area contributed by atoms with Crippen LogP contribution in [0, 0.1) is 0 Å². The second-order valence-corrected chi connectivity index (χ2v) is 8.62. The van der Waals surface area contributed by atoms with Crippen molar-refractivity contribution in [1.29, 1.82) is 0 Å². The minimum atomic E-state index is -0.307. The molecule has 1 heteroatoms. The van der Waals surface area contributed by atoms with Crippen LogP contribution < -0.4 is 0 Å². The van der Waals surface area contributed by atoms with E-state index in [2.05, 4.69) is 19.2 Å². The van der Waals surface area contributed by atoms with E-state index in [1.165, 1.54) is 9.62 Å². The maximum atomic E-state index is 2.44. The maximum absolute atomic E-state index is 2.44. The molecule has 0 atom stereocenters. The molecule has 0 aliphatic rings. The first-order valence-corrected chi connectivity index (χ1v) is 7.66. The zero-order valence-corrected chi connectivity index (χ0v) is 7.00. The van der Waals surface area contributed by atoms with Gasteiger partial charge in [0, 0.05) is 0 Å². The van der Waals surface area contributed by atoms with E-state index < -0.39 is 0 Å². The SMILES string of the molecule is C[CH2][Pt]([CH3])[CH2]C. The van der Waals surface area contributed by atoms with E-state index in [0.29, 0.717) is 0 Å². The Hall–Kier alpha value is 0.688. The molecule has 0 rings (SSSR count). The van der Waals surface area contributed by atoms with Crippen molar-refractivity contribution in [2.45, 2.75) is 28.8 Å². The molecule has 0 spiro atoms. The van der Waals surface area contributed by atoms with Crippen LogP contribution in [0.3, 0.4) is 0 Å². The predicted octanol–water partition coefficient (Wildman–Crippen LogP) is 2.53. The van der Waals surface area contributed by atoms with Gasteiger partial charge >= 0.3 is 46.1 Å². The Labute approximate surface area is 46.5 Å². The molecule has 0 saturated heterocycles. The average Bonchev–Trinajstić information content (AvgIpc) is 1.65. The Morgan fingerprint density at radius 3 is 1.50 bits per heavy atom. The van der Waals surface area contributed by atoms with Crippen LogP contribution in [0.4, 0.5) is 0 Å². The summed E-state index contributed by atoms with van der Waals surface area (Å²) in [5.74, 6) is 0. The quantitative estimate of drug-likeness (QED) is 0.722. The van der Waals surface area contributed by atoms with E-state index in [4.69, 9.17) is 0 Å². The molecule has 6 heavy (non-hydrogen) atoms.